The molecule has 0 atom stereocenters. The Bertz CT molecular complexity index is 597. The van der Waals surface area contributed by atoms with Gasteiger partial charge < -0.3 is 9.47 Å². The van der Waals surface area contributed by atoms with Crippen LogP contribution in [0.3, 0.4) is 0 Å². The Labute approximate surface area is 131 Å². The van der Waals surface area contributed by atoms with E-state index in [1.807, 2.05) is 0 Å². The van der Waals surface area contributed by atoms with Gasteiger partial charge in [-0.3, -0.25) is 9.59 Å². The van der Waals surface area contributed by atoms with Crippen LogP contribution < -0.4 is 10.3 Å². The van der Waals surface area contributed by atoms with Gasteiger partial charge in [-0.05, 0) is 6.92 Å². The zero-order valence-electron chi connectivity index (χ0n) is 13.1. The Morgan fingerprint density at radius 3 is 2.57 bits per heavy atom. The quantitative estimate of drug-likeness (QED) is 0.714. The molecule has 1 rings (SSSR count). The molecule has 6 nitrogen and oxygen atoms in total. The number of hydrogen-bond acceptors (Lipinski definition) is 5. The van der Waals surface area contributed by atoms with Crippen LogP contribution in [-0.2, 0) is 16.1 Å². The number of halogens is 3. The van der Waals surface area contributed by atoms with Crippen molar-refractivity contribution in [2.45, 2.75) is 45.8 Å². The second kappa shape index (κ2) is 7.98. The lowest BCUT2D eigenvalue weighted by atomic mass is 10.1. The number of ether oxygens (including phenoxy) is 2. The summed E-state index contributed by atoms with van der Waals surface area (Å²) in [7, 11) is 0. The summed E-state index contributed by atoms with van der Waals surface area (Å²) in [5.74, 6) is -0.832. The normalized spacial score (nSPS) is 11.6. The maximum Gasteiger partial charge on any atom is 0.392 e. The molecule has 0 spiro atoms. The average Bonchev–Trinajstić information content (AvgIpc) is 2.40. The standard InChI is InChI=1S/C14H19F3N2O4/c1-4-22-12(21)8-19-11(20)7-10(13(18-19)9(2)3)23-6-5-14(15,16)17/h7,9H,4-6,8H2,1-3H3. The van der Waals surface area contributed by atoms with Crippen molar-refractivity contribution < 1.29 is 27.4 Å². The molecule has 0 aliphatic rings. The third kappa shape index (κ3) is 6.29. The molecular formula is C14H19F3N2O4. The largest absolute Gasteiger partial charge is 0.491 e. The molecule has 0 radical (unpaired) electrons. The summed E-state index contributed by atoms with van der Waals surface area (Å²) < 4.78 is 47.2. The van der Waals surface area contributed by atoms with Crippen LogP contribution in [0.2, 0.25) is 0 Å². The molecule has 0 aromatic carbocycles. The van der Waals surface area contributed by atoms with Crippen LogP contribution in [0.1, 0.15) is 38.8 Å². The molecule has 0 bridgehead atoms. The van der Waals surface area contributed by atoms with E-state index < -0.39 is 30.7 Å². The van der Waals surface area contributed by atoms with Crippen LogP contribution in [0.5, 0.6) is 5.75 Å². The lowest BCUT2D eigenvalue weighted by Gasteiger charge is -2.15. The number of carbonyl (C=O) groups is 1. The van der Waals surface area contributed by atoms with Crippen molar-refractivity contribution in [3.8, 4) is 5.75 Å². The van der Waals surface area contributed by atoms with Crippen molar-refractivity contribution in [3.63, 3.8) is 0 Å². The zero-order chi connectivity index (χ0) is 17.6. The maximum absolute atomic E-state index is 12.2. The van der Waals surface area contributed by atoms with Crippen molar-refractivity contribution in [2.75, 3.05) is 13.2 Å². The van der Waals surface area contributed by atoms with Crippen LogP contribution in [0, 0.1) is 0 Å². The smallest absolute Gasteiger partial charge is 0.392 e. The molecule has 0 aliphatic heterocycles. The SMILES string of the molecule is CCOC(=O)Cn1nc(C(C)C)c(OCCC(F)(F)F)cc1=O. The highest BCUT2D eigenvalue weighted by atomic mass is 19.4. The van der Waals surface area contributed by atoms with Gasteiger partial charge in [-0.1, -0.05) is 13.8 Å². The summed E-state index contributed by atoms with van der Waals surface area (Å²) in [4.78, 5) is 23.3. The van der Waals surface area contributed by atoms with Crippen LogP contribution >= 0.6 is 0 Å². The van der Waals surface area contributed by atoms with Crippen molar-refractivity contribution >= 4 is 5.97 Å². The van der Waals surface area contributed by atoms with E-state index in [-0.39, 0.29) is 24.8 Å². The van der Waals surface area contributed by atoms with Crippen LogP contribution in [0.25, 0.3) is 0 Å². The summed E-state index contributed by atoms with van der Waals surface area (Å²) in [6.45, 7) is 4.33. The number of hydrogen-bond donors (Lipinski definition) is 0. The van der Waals surface area contributed by atoms with Gasteiger partial charge in [0.2, 0.25) is 0 Å². The van der Waals surface area contributed by atoms with Gasteiger partial charge in [-0.2, -0.15) is 18.3 Å². The number of aromatic nitrogens is 2. The van der Waals surface area contributed by atoms with Crippen molar-refractivity contribution in [1.82, 2.24) is 9.78 Å². The van der Waals surface area contributed by atoms with Gasteiger partial charge in [0.05, 0.1) is 19.6 Å². The summed E-state index contributed by atoms with van der Waals surface area (Å²) in [6.07, 6.45) is -5.47. The molecule has 1 aromatic rings. The van der Waals surface area contributed by atoms with Gasteiger partial charge in [-0.15, -0.1) is 0 Å². The van der Waals surface area contributed by atoms with Gasteiger partial charge in [0, 0.05) is 12.0 Å². The molecule has 23 heavy (non-hydrogen) atoms. The minimum Gasteiger partial charge on any atom is -0.491 e. The average molecular weight is 336 g/mol. The topological polar surface area (TPSA) is 70.4 Å². The second-order valence-electron chi connectivity index (χ2n) is 5.06. The molecule has 0 saturated heterocycles. The van der Waals surface area contributed by atoms with E-state index in [1.54, 1.807) is 20.8 Å². The predicted octanol–water partition coefficient (Wildman–Crippen LogP) is 2.26. The van der Waals surface area contributed by atoms with Gasteiger partial charge in [0.1, 0.15) is 18.0 Å². The minimum atomic E-state index is -4.34. The van der Waals surface area contributed by atoms with Crippen molar-refractivity contribution in [1.29, 1.82) is 0 Å². The molecule has 9 heteroatoms. The molecule has 130 valence electrons. The molecule has 0 amide bonds. The fraction of sp³-hybridized carbons (Fsp3) is 0.643. The van der Waals surface area contributed by atoms with E-state index in [0.717, 1.165) is 10.7 Å². The number of rotatable bonds is 7. The number of nitrogens with zero attached hydrogens (tertiary/aromatic N) is 2. The fourth-order valence-corrected chi connectivity index (χ4v) is 1.72. The fourth-order valence-electron chi connectivity index (χ4n) is 1.72. The Hall–Kier alpha value is -2.06. The Morgan fingerprint density at radius 1 is 1.39 bits per heavy atom. The van der Waals surface area contributed by atoms with Crippen LogP contribution in [-0.4, -0.2) is 35.1 Å². The molecular weight excluding hydrogens is 317 g/mol. The first-order chi connectivity index (χ1) is 10.6. The third-order valence-corrected chi connectivity index (χ3v) is 2.76. The van der Waals surface area contributed by atoms with Crippen molar-refractivity contribution in [2.24, 2.45) is 0 Å². The molecule has 0 unspecified atom stereocenters. The highest BCUT2D eigenvalue weighted by Crippen LogP contribution is 2.24. The van der Waals surface area contributed by atoms with Gasteiger partial charge in [0.25, 0.3) is 5.56 Å². The third-order valence-electron chi connectivity index (χ3n) is 2.76. The summed E-state index contributed by atoms with van der Waals surface area (Å²) in [5, 5.41) is 4.01. The second-order valence-corrected chi connectivity index (χ2v) is 5.06. The minimum absolute atomic E-state index is 0.00522. The van der Waals surface area contributed by atoms with Gasteiger partial charge >= 0.3 is 12.1 Å². The first-order valence-electron chi connectivity index (χ1n) is 7.11. The zero-order valence-corrected chi connectivity index (χ0v) is 13.1. The van der Waals surface area contributed by atoms with E-state index in [1.165, 1.54) is 0 Å². The van der Waals surface area contributed by atoms with Crippen molar-refractivity contribution in [3.05, 3.63) is 22.1 Å². The molecule has 1 aromatic heterocycles. The number of alkyl halides is 3. The highest BCUT2D eigenvalue weighted by molar-refractivity contribution is 5.68. The number of carbonyl (C=O) groups excluding carboxylic acids is 1. The van der Waals surface area contributed by atoms with Crippen LogP contribution in [0.15, 0.2) is 10.9 Å². The number of esters is 1. The highest BCUT2D eigenvalue weighted by Gasteiger charge is 2.27. The Kier molecular flexibility index (Phi) is 6.59. The van der Waals surface area contributed by atoms with Gasteiger partial charge in [-0.25, -0.2) is 4.68 Å². The van der Waals surface area contributed by atoms with E-state index in [9.17, 15) is 22.8 Å². The Morgan fingerprint density at radius 2 is 2.04 bits per heavy atom. The molecule has 0 N–H and O–H groups in total. The first-order valence-corrected chi connectivity index (χ1v) is 7.11. The summed E-state index contributed by atoms with van der Waals surface area (Å²) >= 11 is 0. The molecule has 0 saturated carbocycles. The van der Waals surface area contributed by atoms with E-state index in [0.29, 0.717) is 5.69 Å². The predicted molar refractivity (Wildman–Crippen MR) is 75.4 cm³/mol. The van der Waals surface area contributed by atoms with E-state index in [2.05, 4.69) is 5.10 Å². The molecule has 0 fully saturated rings. The first kappa shape index (κ1) is 19.0. The van der Waals surface area contributed by atoms with E-state index >= 15 is 0 Å². The summed E-state index contributed by atoms with van der Waals surface area (Å²) in [5.41, 5.74) is -0.347. The van der Waals surface area contributed by atoms with E-state index in [4.69, 9.17) is 9.47 Å². The van der Waals surface area contributed by atoms with Crippen LogP contribution in [0.4, 0.5) is 13.2 Å². The monoisotopic (exact) mass is 336 g/mol. The maximum atomic E-state index is 12.2. The Balaban J connectivity index is 2.97. The molecule has 1 heterocycles. The summed E-state index contributed by atoms with van der Waals surface area (Å²) in [6, 6.07) is 1.04. The molecule has 0 aliphatic carbocycles. The lowest BCUT2D eigenvalue weighted by molar-refractivity contribution is -0.144. The van der Waals surface area contributed by atoms with Gasteiger partial charge in [0.15, 0.2) is 0 Å². The lowest BCUT2D eigenvalue weighted by Crippen LogP contribution is -2.29.